The molecule has 2 fully saturated rings. The first-order valence-electron chi connectivity index (χ1n) is 5.99. The highest BCUT2D eigenvalue weighted by atomic mass is 16.5. The number of aliphatic hydroxyl groups is 1. The van der Waals surface area contributed by atoms with Crippen LogP contribution in [0.5, 0.6) is 0 Å². The molecular weight excluding hydrogens is 224 g/mol. The van der Waals surface area contributed by atoms with Gasteiger partial charge >= 0.3 is 5.97 Å². The van der Waals surface area contributed by atoms with Gasteiger partial charge in [-0.15, -0.1) is 0 Å². The molecule has 0 amide bonds. The Morgan fingerprint density at radius 1 is 1.53 bits per heavy atom. The van der Waals surface area contributed by atoms with Gasteiger partial charge in [0.1, 0.15) is 0 Å². The average molecular weight is 244 g/mol. The quantitative estimate of drug-likeness (QED) is 0.581. The number of aliphatic carboxylic acids is 1. The van der Waals surface area contributed by atoms with E-state index < -0.39 is 5.97 Å². The summed E-state index contributed by atoms with van der Waals surface area (Å²) >= 11 is 0. The smallest absolute Gasteiger partial charge is 0.305 e. The van der Waals surface area contributed by atoms with Gasteiger partial charge < -0.3 is 20.3 Å². The summed E-state index contributed by atoms with van der Waals surface area (Å²) in [4.78, 5) is 13.1. The Morgan fingerprint density at radius 3 is 2.71 bits per heavy atom. The summed E-state index contributed by atoms with van der Waals surface area (Å²) in [6.45, 7) is 4.67. The number of nitrogens with one attached hydrogen (secondary N) is 1. The predicted molar refractivity (Wildman–Crippen MR) is 60.8 cm³/mol. The van der Waals surface area contributed by atoms with Crippen LogP contribution in [0.4, 0.5) is 0 Å². The summed E-state index contributed by atoms with van der Waals surface area (Å²) in [5, 5.41) is 21.3. The zero-order chi connectivity index (χ0) is 12.5. The average Bonchev–Trinajstić information content (AvgIpc) is 2.22. The fourth-order valence-corrected chi connectivity index (χ4v) is 2.69. The second-order valence-electron chi connectivity index (χ2n) is 5.05. The van der Waals surface area contributed by atoms with Crippen molar-refractivity contribution in [1.29, 1.82) is 0 Å². The van der Waals surface area contributed by atoms with E-state index in [1.54, 1.807) is 0 Å². The zero-order valence-corrected chi connectivity index (χ0v) is 10.1. The number of ether oxygens (including phenoxy) is 1. The van der Waals surface area contributed by atoms with Gasteiger partial charge in [0.25, 0.3) is 0 Å². The Balaban J connectivity index is 2.05. The third kappa shape index (κ3) is 2.60. The topological polar surface area (TPSA) is 82.0 Å². The van der Waals surface area contributed by atoms with E-state index in [1.807, 2.05) is 6.92 Å². The number of aliphatic hydroxyl groups excluding tert-OH is 1. The zero-order valence-electron chi connectivity index (χ0n) is 10.1. The van der Waals surface area contributed by atoms with E-state index >= 15 is 0 Å². The molecule has 2 rings (SSSR count). The molecule has 6 heteroatoms. The summed E-state index contributed by atoms with van der Waals surface area (Å²) in [6, 6.07) is 0. The van der Waals surface area contributed by atoms with Crippen LogP contribution >= 0.6 is 0 Å². The molecule has 2 unspecified atom stereocenters. The first kappa shape index (κ1) is 12.8. The Bertz CT molecular complexity index is 293. The maximum absolute atomic E-state index is 10.9. The summed E-state index contributed by atoms with van der Waals surface area (Å²) in [5.74, 6) is -0.772. The van der Waals surface area contributed by atoms with Crippen LogP contribution in [-0.4, -0.2) is 71.6 Å². The van der Waals surface area contributed by atoms with Crippen molar-refractivity contribution in [2.75, 3.05) is 32.8 Å². The van der Waals surface area contributed by atoms with E-state index in [9.17, 15) is 9.90 Å². The summed E-state index contributed by atoms with van der Waals surface area (Å²) in [6.07, 6.45) is -0.0255. The minimum absolute atomic E-state index is 0.0164. The largest absolute Gasteiger partial charge is 0.481 e. The van der Waals surface area contributed by atoms with Gasteiger partial charge in [0.15, 0.2) is 0 Å². The molecule has 0 bridgehead atoms. The van der Waals surface area contributed by atoms with Gasteiger partial charge in [-0.05, 0) is 6.92 Å². The Hall–Kier alpha value is -0.690. The highest BCUT2D eigenvalue weighted by Crippen LogP contribution is 2.28. The fourth-order valence-electron chi connectivity index (χ4n) is 2.69. The summed E-state index contributed by atoms with van der Waals surface area (Å²) in [7, 11) is 0. The molecule has 2 atom stereocenters. The Labute approximate surface area is 101 Å². The highest BCUT2D eigenvalue weighted by Gasteiger charge is 2.46. The number of nitrogens with zero attached hydrogens (tertiary/aromatic N) is 1. The van der Waals surface area contributed by atoms with Crippen LogP contribution in [0.3, 0.4) is 0 Å². The van der Waals surface area contributed by atoms with Crippen molar-refractivity contribution in [3.8, 4) is 0 Å². The van der Waals surface area contributed by atoms with E-state index in [0.29, 0.717) is 19.6 Å². The van der Waals surface area contributed by atoms with E-state index in [2.05, 4.69) is 10.2 Å². The van der Waals surface area contributed by atoms with Crippen molar-refractivity contribution in [2.45, 2.75) is 31.1 Å². The summed E-state index contributed by atoms with van der Waals surface area (Å²) in [5.41, 5.74) is -0.294. The van der Waals surface area contributed by atoms with Gasteiger partial charge in [0.05, 0.1) is 30.8 Å². The lowest BCUT2D eigenvalue weighted by Crippen LogP contribution is -2.72. The minimum Gasteiger partial charge on any atom is -0.481 e. The molecule has 0 spiro atoms. The maximum atomic E-state index is 10.9. The van der Waals surface area contributed by atoms with Crippen molar-refractivity contribution in [2.24, 2.45) is 0 Å². The molecule has 0 saturated carbocycles. The molecule has 2 aliphatic heterocycles. The number of hydrogen-bond acceptors (Lipinski definition) is 5. The molecule has 0 aromatic rings. The van der Waals surface area contributed by atoms with Crippen LogP contribution in [-0.2, 0) is 9.53 Å². The van der Waals surface area contributed by atoms with Crippen molar-refractivity contribution in [3.63, 3.8) is 0 Å². The molecular formula is C11H20N2O4. The fraction of sp³-hybridized carbons (Fsp3) is 0.909. The maximum Gasteiger partial charge on any atom is 0.305 e. The molecule has 0 aromatic heterocycles. The third-order valence-corrected chi connectivity index (χ3v) is 3.59. The van der Waals surface area contributed by atoms with Crippen LogP contribution in [0.25, 0.3) is 0 Å². The van der Waals surface area contributed by atoms with Crippen molar-refractivity contribution in [1.82, 2.24) is 10.2 Å². The van der Waals surface area contributed by atoms with Crippen molar-refractivity contribution >= 4 is 5.97 Å². The van der Waals surface area contributed by atoms with E-state index in [4.69, 9.17) is 9.84 Å². The number of carboxylic acid groups (broad SMARTS) is 1. The molecule has 0 radical (unpaired) electrons. The highest BCUT2D eigenvalue weighted by molar-refractivity contribution is 5.68. The Morgan fingerprint density at radius 2 is 2.24 bits per heavy atom. The number of rotatable bonds is 4. The lowest BCUT2D eigenvalue weighted by Gasteiger charge is -2.53. The summed E-state index contributed by atoms with van der Waals surface area (Å²) < 4.78 is 5.57. The van der Waals surface area contributed by atoms with Gasteiger partial charge in [-0.3, -0.25) is 9.69 Å². The van der Waals surface area contributed by atoms with Crippen LogP contribution in [0.2, 0.25) is 0 Å². The van der Waals surface area contributed by atoms with Gasteiger partial charge in [-0.1, -0.05) is 0 Å². The third-order valence-electron chi connectivity index (χ3n) is 3.59. The monoisotopic (exact) mass is 244 g/mol. The molecule has 0 aromatic carbocycles. The molecule has 2 heterocycles. The van der Waals surface area contributed by atoms with Crippen molar-refractivity contribution < 1.29 is 19.7 Å². The number of morpholine rings is 1. The minimum atomic E-state index is -0.772. The van der Waals surface area contributed by atoms with Gasteiger partial charge in [-0.25, -0.2) is 0 Å². The van der Waals surface area contributed by atoms with Crippen molar-refractivity contribution in [3.05, 3.63) is 0 Å². The molecule has 17 heavy (non-hydrogen) atoms. The first-order chi connectivity index (χ1) is 8.05. The van der Waals surface area contributed by atoms with Crippen LogP contribution < -0.4 is 5.32 Å². The first-order valence-corrected chi connectivity index (χ1v) is 5.99. The van der Waals surface area contributed by atoms with Crippen LogP contribution in [0, 0.1) is 0 Å². The Kier molecular flexibility index (Phi) is 3.67. The number of carbonyl (C=O) groups is 1. The lowest BCUT2D eigenvalue weighted by molar-refractivity contribution is -0.153. The normalized spacial score (nSPS) is 33.1. The molecule has 3 N–H and O–H groups in total. The molecule has 2 saturated heterocycles. The molecule has 2 aliphatic rings. The van der Waals surface area contributed by atoms with E-state index in [0.717, 1.165) is 6.54 Å². The van der Waals surface area contributed by atoms with E-state index in [-0.39, 0.29) is 30.8 Å². The lowest BCUT2D eigenvalue weighted by atomic mass is 9.85. The number of hydrogen-bond donors (Lipinski definition) is 3. The second-order valence-corrected chi connectivity index (χ2v) is 5.05. The second kappa shape index (κ2) is 4.89. The SMILES string of the molecule is CC1CN(C2(CC(=O)O)CNC2)CC(CO)O1. The molecule has 0 aliphatic carbocycles. The van der Waals surface area contributed by atoms with Crippen LogP contribution in [0.15, 0.2) is 0 Å². The standard InChI is InChI=1S/C11H20N2O4/c1-8-3-13(4-9(5-14)17-8)11(2-10(15)16)6-12-7-11/h8-9,12,14H,2-7H2,1H3,(H,15,16). The van der Waals surface area contributed by atoms with Gasteiger partial charge in [0.2, 0.25) is 0 Å². The molecule has 98 valence electrons. The predicted octanol–water partition coefficient (Wildman–Crippen LogP) is -1.12. The van der Waals surface area contributed by atoms with Gasteiger partial charge in [-0.2, -0.15) is 0 Å². The molecule has 6 nitrogen and oxygen atoms in total. The van der Waals surface area contributed by atoms with Crippen LogP contribution in [0.1, 0.15) is 13.3 Å². The van der Waals surface area contributed by atoms with Gasteiger partial charge in [0, 0.05) is 26.2 Å². The number of carboxylic acids is 1. The van der Waals surface area contributed by atoms with E-state index in [1.165, 1.54) is 0 Å².